The molecular weight excluding hydrogens is 267 g/mol. The molecule has 0 aromatic rings. The summed E-state index contributed by atoms with van der Waals surface area (Å²) in [6.45, 7) is 4.60. The average Bonchev–Trinajstić information content (AvgIpc) is 2.03. The Balaban J connectivity index is 3.14. The van der Waals surface area contributed by atoms with Crippen molar-refractivity contribution >= 4 is 28.6 Å². The molecule has 0 rings (SSSR count). The number of hydrogen-bond donors (Lipinski definition) is 0. The van der Waals surface area contributed by atoms with Gasteiger partial charge in [-0.15, -0.1) is 0 Å². The smallest absolute Gasteiger partial charge is 0.318 e. The molecule has 0 aliphatic rings. The molecule has 0 saturated carbocycles. The van der Waals surface area contributed by atoms with Crippen molar-refractivity contribution in [2.75, 3.05) is 6.61 Å². The lowest BCUT2D eigenvalue weighted by Crippen LogP contribution is -2.14. The highest BCUT2D eigenvalue weighted by molar-refractivity contribution is 14.1. The Morgan fingerprint density at radius 1 is 1.42 bits per heavy atom. The molecule has 0 aliphatic carbocycles. The molecule has 1 unspecified atom stereocenters. The molecule has 0 spiro atoms. The van der Waals surface area contributed by atoms with Crippen molar-refractivity contribution in [1.82, 2.24) is 0 Å². The van der Waals surface area contributed by atoms with Gasteiger partial charge in [-0.05, 0) is 13.3 Å². The number of ether oxygens (including phenoxy) is 1. The van der Waals surface area contributed by atoms with Crippen LogP contribution >= 0.6 is 22.6 Å². The molecule has 0 radical (unpaired) electrons. The Morgan fingerprint density at radius 3 is 2.58 bits per heavy atom. The maximum atomic E-state index is 10.9. The summed E-state index contributed by atoms with van der Waals surface area (Å²) in [4.78, 5) is 10.9. The largest absolute Gasteiger partial charge is 0.465 e. The van der Waals surface area contributed by atoms with Gasteiger partial charge in [0.25, 0.3) is 0 Å². The Morgan fingerprint density at radius 2 is 2.08 bits per heavy atom. The molecule has 0 fully saturated rings. The molecule has 0 aromatic carbocycles. The van der Waals surface area contributed by atoms with Crippen molar-refractivity contribution in [2.24, 2.45) is 0 Å². The fourth-order valence-electron chi connectivity index (χ4n) is 0.816. The van der Waals surface area contributed by atoms with Gasteiger partial charge < -0.3 is 4.74 Å². The van der Waals surface area contributed by atoms with Crippen LogP contribution in [0.4, 0.5) is 0 Å². The van der Waals surface area contributed by atoms with Crippen molar-refractivity contribution < 1.29 is 9.53 Å². The summed E-state index contributed by atoms with van der Waals surface area (Å²) in [6.07, 6.45) is 4.62. The molecule has 2 nitrogen and oxygen atoms in total. The standard InChI is InChI=1S/C9H17IO2/c1-3-4-5-6-7-12-9(11)8(2)10/h8H,3-7H2,1-2H3. The molecule has 72 valence electrons. The average molecular weight is 284 g/mol. The monoisotopic (exact) mass is 284 g/mol. The molecule has 3 heteroatoms. The van der Waals surface area contributed by atoms with Gasteiger partial charge in [-0.25, -0.2) is 0 Å². The molecule has 0 saturated heterocycles. The Labute approximate surface area is 88.2 Å². The van der Waals surface area contributed by atoms with Crippen LogP contribution in [0.2, 0.25) is 0 Å². The van der Waals surface area contributed by atoms with E-state index >= 15 is 0 Å². The van der Waals surface area contributed by atoms with Crippen molar-refractivity contribution in [3.63, 3.8) is 0 Å². The van der Waals surface area contributed by atoms with Crippen molar-refractivity contribution in [1.29, 1.82) is 0 Å². The van der Waals surface area contributed by atoms with Gasteiger partial charge >= 0.3 is 5.97 Å². The zero-order valence-corrected chi connectivity index (χ0v) is 9.96. The molecule has 0 heterocycles. The number of hydrogen-bond acceptors (Lipinski definition) is 2. The minimum atomic E-state index is -0.0906. The fraction of sp³-hybridized carbons (Fsp3) is 0.889. The van der Waals surface area contributed by atoms with Gasteiger partial charge in [-0.2, -0.15) is 0 Å². The van der Waals surface area contributed by atoms with Gasteiger partial charge in [0.1, 0.15) is 3.92 Å². The first-order valence-electron chi connectivity index (χ1n) is 4.49. The van der Waals surface area contributed by atoms with E-state index in [0.717, 1.165) is 6.42 Å². The number of carbonyl (C=O) groups excluding carboxylic acids is 1. The van der Waals surface area contributed by atoms with Crippen LogP contribution < -0.4 is 0 Å². The number of unbranched alkanes of at least 4 members (excludes halogenated alkanes) is 3. The molecule has 0 bridgehead atoms. The Bertz CT molecular complexity index is 124. The molecule has 1 atom stereocenters. The predicted octanol–water partition coefficient (Wildman–Crippen LogP) is 2.93. The summed E-state index contributed by atoms with van der Waals surface area (Å²) in [6, 6.07) is 0. The van der Waals surface area contributed by atoms with Gasteiger partial charge in [0.05, 0.1) is 6.61 Å². The third-order valence-corrected chi connectivity index (χ3v) is 2.08. The van der Waals surface area contributed by atoms with E-state index in [-0.39, 0.29) is 9.89 Å². The van der Waals surface area contributed by atoms with E-state index in [1.807, 2.05) is 6.92 Å². The van der Waals surface area contributed by atoms with Crippen LogP contribution in [0, 0.1) is 0 Å². The van der Waals surface area contributed by atoms with Crippen molar-refractivity contribution in [3.8, 4) is 0 Å². The van der Waals surface area contributed by atoms with Crippen LogP contribution in [-0.4, -0.2) is 16.5 Å². The van der Waals surface area contributed by atoms with E-state index in [2.05, 4.69) is 29.5 Å². The first-order valence-corrected chi connectivity index (χ1v) is 5.73. The number of halogens is 1. The van der Waals surface area contributed by atoms with E-state index in [1.54, 1.807) is 0 Å². The zero-order valence-electron chi connectivity index (χ0n) is 7.81. The minimum Gasteiger partial charge on any atom is -0.465 e. The number of esters is 1. The van der Waals surface area contributed by atoms with E-state index in [9.17, 15) is 4.79 Å². The van der Waals surface area contributed by atoms with Crippen LogP contribution in [-0.2, 0) is 9.53 Å². The van der Waals surface area contributed by atoms with E-state index < -0.39 is 0 Å². The molecule has 12 heavy (non-hydrogen) atoms. The molecule has 0 aliphatic heterocycles. The van der Waals surface area contributed by atoms with Crippen LogP contribution in [0.5, 0.6) is 0 Å². The maximum Gasteiger partial charge on any atom is 0.318 e. The summed E-state index contributed by atoms with van der Waals surface area (Å²) < 4.78 is 4.98. The van der Waals surface area contributed by atoms with Gasteiger partial charge in [0.2, 0.25) is 0 Å². The van der Waals surface area contributed by atoms with Crippen LogP contribution in [0.3, 0.4) is 0 Å². The highest BCUT2D eigenvalue weighted by atomic mass is 127. The number of rotatable bonds is 6. The lowest BCUT2D eigenvalue weighted by atomic mass is 10.2. The lowest BCUT2D eigenvalue weighted by Gasteiger charge is -2.05. The number of alkyl halides is 1. The first-order chi connectivity index (χ1) is 5.68. The van der Waals surface area contributed by atoms with E-state index in [1.165, 1.54) is 19.3 Å². The topological polar surface area (TPSA) is 26.3 Å². The van der Waals surface area contributed by atoms with E-state index in [4.69, 9.17) is 4.74 Å². The summed E-state index contributed by atoms with van der Waals surface area (Å²) in [7, 11) is 0. The quantitative estimate of drug-likeness (QED) is 0.324. The first kappa shape index (κ1) is 12.2. The molecule has 0 N–H and O–H groups in total. The van der Waals surface area contributed by atoms with Crippen LogP contribution in [0.25, 0.3) is 0 Å². The second kappa shape index (κ2) is 7.83. The fourth-order valence-corrected chi connectivity index (χ4v) is 0.996. The van der Waals surface area contributed by atoms with Gasteiger partial charge in [-0.1, -0.05) is 48.8 Å². The molecular formula is C9H17IO2. The van der Waals surface area contributed by atoms with Crippen LogP contribution in [0.15, 0.2) is 0 Å². The Kier molecular flexibility index (Phi) is 7.96. The highest BCUT2D eigenvalue weighted by Crippen LogP contribution is 2.03. The van der Waals surface area contributed by atoms with Crippen LogP contribution in [0.1, 0.15) is 39.5 Å². The Hall–Kier alpha value is 0.200. The molecule has 0 aromatic heterocycles. The SMILES string of the molecule is CCCCCCOC(=O)C(C)I. The van der Waals surface area contributed by atoms with E-state index in [0.29, 0.717) is 6.61 Å². The predicted molar refractivity (Wildman–Crippen MR) is 58.6 cm³/mol. The van der Waals surface area contributed by atoms with Gasteiger partial charge in [0.15, 0.2) is 0 Å². The highest BCUT2D eigenvalue weighted by Gasteiger charge is 2.08. The third kappa shape index (κ3) is 6.88. The van der Waals surface area contributed by atoms with Gasteiger partial charge in [-0.3, -0.25) is 4.79 Å². The summed E-state index contributed by atoms with van der Waals surface area (Å²) in [5.41, 5.74) is 0. The summed E-state index contributed by atoms with van der Waals surface area (Å²) in [5.74, 6) is -0.0906. The molecule has 0 amide bonds. The summed E-state index contributed by atoms with van der Waals surface area (Å²) in [5, 5.41) is 0. The maximum absolute atomic E-state index is 10.9. The van der Waals surface area contributed by atoms with Crippen molar-refractivity contribution in [2.45, 2.75) is 43.5 Å². The minimum absolute atomic E-state index is 0.0197. The second-order valence-corrected chi connectivity index (χ2v) is 4.71. The van der Waals surface area contributed by atoms with Crippen molar-refractivity contribution in [3.05, 3.63) is 0 Å². The number of carbonyl (C=O) groups is 1. The zero-order chi connectivity index (χ0) is 9.40. The lowest BCUT2D eigenvalue weighted by molar-refractivity contribution is -0.142. The normalized spacial score (nSPS) is 12.6. The second-order valence-electron chi connectivity index (χ2n) is 2.84. The summed E-state index contributed by atoms with van der Waals surface area (Å²) >= 11 is 2.06. The van der Waals surface area contributed by atoms with Gasteiger partial charge in [0, 0.05) is 0 Å². The third-order valence-electron chi connectivity index (χ3n) is 1.57.